The van der Waals surface area contributed by atoms with Crippen LogP contribution in [0.15, 0.2) is 24.3 Å². The molecule has 9 nitrogen and oxygen atoms in total. The van der Waals surface area contributed by atoms with Gasteiger partial charge in [-0.05, 0) is 31.2 Å². The first kappa shape index (κ1) is 19.4. The van der Waals surface area contributed by atoms with Crippen molar-refractivity contribution in [2.75, 3.05) is 33.8 Å². The Morgan fingerprint density at radius 3 is 2.58 bits per heavy atom. The molecule has 2 amide bonds. The molecule has 2 rings (SSSR count). The van der Waals surface area contributed by atoms with E-state index in [9.17, 15) is 9.59 Å². The molecular weight excluding hydrogens is 336 g/mol. The summed E-state index contributed by atoms with van der Waals surface area (Å²) in [5.74, 6) is 0.734. The van der Waals surface area contributed by atoms with Gasteiger partial charge in [-0.3, -0.25) is 9.59 Å². The number of tetrazole rings is 1. The van der Waals surface area contributed by atoms with E-state index in [1.54, 1.807) is 25.1 Å². The third-order valence-electron chi connectivity index (χ3n) is 3.97. The Morgan fingerprint density at radius 2 is 1.92 bits per heavy atom. The second kappa shape index (κ2) is 8.93. The zero-order chi connectivity index (χ0) is 19.1. The Labute approximate surface area is 152 Å². The smallest absolute Gasteiger partial charge is 0.246 e. The van der Waals surface area contributed by atoms with Crippen molar-refractivity contribution in [1.29, 1.82) is 0 Å². The third-order valence-corrected chi connectivity index (χ3v) is 3.97. The van der Waals surface area contributed by atoms with Crippen molar-refractivity contribution < 1.29 is 14.3 Å². The molecule has 1 aromatic carbocycles. The van der Waals surface area contributed by atoms with E-state index in [0.29, 0.717) is 24.7 Å². The number of ether oxygens (including phenoxy) is 1. The highest BCUT2D eigenvalue weighted by molar-refractivity contribution is 5.84. The number of benzene rings is 1. The largest absolute Gasteiger partial charge is 0.497 e. The van der Waals surface area contributed by atoms with Crippen LogP contribution in [-0.4, -0.2) is 75.6 Å². The summed E-state index contributed by atoms with van der Waals surface area (Å²) in [7, 11) is 3.17. The van der Waals surface area contributed by atoms with Crippen molar-refractivity contribution >= 4 is 11.8 Å². The van der Waals surface area contributed by atoms with Gasteiger partial charge in [0.2, 0.25) is 17.6 Å². The predicted molar refractivity (Wildman–Crippen MR) is 95.4 cm³/mol. The number of hydrogen-bond acceptors (Lipinski definition) is 6. The first-order valence-electron chi connectivity index (χ1n) is 8.42. The molecule has 0 radical (unpaired) electrons. The van der Waals surface area contributed by atoms with Crippen LogP contribution < -0.4 is 4.74 Å². The van der Waals surface area contributed by atoms with Crippen molar-refractivity contribution in [1.82, 2.24) is 30.0 Å². The minimum atomic E-state index is -0.264. The van der Waals surface area contributed by atoms with E-state index in [1.165, 1.54) is 9.70 Å². The van der Waals surface area contributed by atoms with Crippen molar-refractivity contribution in [3.05, 3.63) is 24.3 Å². The van der Waals surface area contributed by atoms with Gasteiger partial charge in [-0.2, -0.15) is 4.80 Å². The molecule has 0 atom stereocenters. The van der Waals surface area contributed by atoms with Crippen LogP contribution in [0, 0.1) is 0 Å². The van der Waals surface area contributed by atoms with E-state index in [0.717, 1.165) is 5.56 Å². The summed E-state index contributed by atoms with van der Waals surface area (Å²) in [5, 5.41) is 12.1. The number of amides is 2. The number of aromatic nitrogens is 4. The van der Waals surface area contributed by atoms with Gasteiger partial charge in [-0.1, -0.05) is 12.1 Å². The molecular formula is C17H24N6O3. The molecule has 0 aliphatic carbocycles. The zero-order valence-corrected chi connectivity index (χ0v) is 15.5. The van der Waals surface area contributed by atoms with Gasteiger partial charge in [0.15, 0.2) is 0 Å². The molecule has 0 spiro atoms. The van der Waals surface area contributed by atoms with Gasteiger partial charge < -0.3 is 14.5 Å². The monoisotopic (exact) mass is 360 g/mol. The van der Waals surface area contributed by atoms with E-state index in [2.05, 4.69) is 15.4 Å². The Bertz CT molecular complexity index is 756. The summed E-state index contributed by atoms with van der Waals surface area (Å²) in [6, 6.07) is 7.27. The summed E-state index contributed by atoms with van der Waals surface area (Å²) in [6.07, 6.45) is 0. The topological polar surface area (TPSA) is 93.5 Å². The van der Waals surface area contributed by atoms with E-state index in [4.69, 9.17) is 4.74 Å². The standard InChI is InChI=1S/C17H24N6O3/c1-5-22(6-2)16(25)11-21(3)15(24)12-23-19-17(18-20-23)13-8-7-9-14(10-13)26-4/h7-10H,5-6,11-12H2,1-4H3. The van der Waals surface area contributed by atoms with Crippen LogP contribution in [0.4, 0.5) is 0 Å². The number of rotatable bonds is 8. The molecule has 0 saturated heterocycles. The third kappa shape index (κ3) is 4.78. The molecule has 0 saturated carbocycles. The Balaban J connectivity index is 1.99. The molecule has 1 heterocycles. The SMILES string of the molecule is CCN(CC)C(=O)CN(C)C(=O)Cn1nnc(-c2cccc(OC)c2)n1. The fourth-order valence-electron chi connectivity index (χ4n) is 2.40. The molecule has 140 valence electrons. The normalized spacial score (nSPS) is 10.5. The van der Waals surface area contributed by atoms with Gasteiger partial charge in [0.25, 0.3) is 0 Å². The molecule has 9 heteroatoms. The summed E-state index contributed by atoms with van der Waals surface area (Å²) in [4.78, 5) is 28.7. The van der Waals surface area contributed by atoms with Crippen LogP contribution in [0.25, 0.3) is 11.4 Å². The Morgan fingerprint density at radius 1 is 1.19 bits per heavy atom. The first-order chi connectivity index (χ1) is 12.5. The van der Waals surface area contributed by atoms with Gasteiger partial charge in [-0.15, -0.1) is 10.2 Å². The van der Waals surface area contributed by atoms with Crippen molar-refractivity contribution in [2.24, 2.45) is 0 Å². The first-order valence-corrected chi connectivity index (χ1v) is 8.42. The predicted octanol–water partition coefficient (Wildman–Crippen LogP) is 0.676. The molecule has 26 heavy (non-hydrogen) atoms. The number of hydrogen-bond donors (Lipinski definition) is 0. The maximum absolute atomic E-state index is 12.3. The van der Waals surface area contributed by atoms with Gasteiger partial charge in [0.05, 0.1) is 13.7 Å². The van der Waals surface area contributed by atoms with Gasteiger partial charge in [0.1, 0.15) is 12.3 Å². The minimum Gasteiger partial charge on any atom is -0.497 e. The van der Waals surface area contributed by atoms with Gasteiger partial charge >= 0.3 is 0 Å². The van der Waals surface area contributed by atoms with Crippen LogP contribution >= 0.6 is 0 Å². The number of methoxy groups -OCH3 is 1. The lowest BCUT2D eigenvalue weighted by Gasteiger charge is -2.22. The molecule has 0 aliphatic heterocycles. The van der Waals surface area contributed by atoms with E-state index in [-0.39, 0.29) is 24.9 Å². The molecule has 0 N–H and O–H groups in total. The van der Waals surface area contributed by atoms with Crippen molar-refractivity contribution in [3.8, 4) is 17.1 Å². The lowest BCUT2D eigenvalue weighted by Crippen LogP contribution is -2.42. The lowest BCUT2D eigenvalue weighted by atomic mass is 10.2. The van der Waals surface area contributed by atoms with E-state index >= 15 is 0 Å². The number of nitrogens with zero attached hydrogens (tertiary/aromatic N) is 6. The summed E-state index contributed by atoms with van der Waals surface area (Å²) < 4.78 is 5.17. The fourth-order valence-corrected chi connectivity index (χ4v) is 2.40. The van der Waals surface area contributed by atoms with Gasteiger partial charge in [0, 0.05) is 25.7 Å². The summed E-state index contributed by atoms with van der Waals surface area (Å²) in [6.45, 7) is 4.99. The summed E-state index contributed by atoms with van der Waals surface area (Å²) in [5.41, 5.74) is 0.744. The highest BCUT2D eigenvalue weighted by atomic mass is 16.5. The van der Waals surface area contributed by atoms with Crippen LogP contribution in [0.5, 0.6) is 5.75 Å². The van der Waals surface area contributed by atoms with Crippen molar-refractivity contribution in [2.45, 2.75) is 20.4 Å². The second-order valence-corrected chi connectivity index (χ2v) is 5.69. The van der Waals surface area contributed by atoms with Crippen LogP contribution in [-0.2, 0) is 16.1 Å². The second-order valence-electron chi connectivity index (χ2n) is 5.69. The van der Waals surface area contributed by atoms with Gasteiger partial charge in [-0.25, -0.2) is 0 Å². The average Bonchev–Trinajstić information content (AvgIpc) is 3.11. The molecule has 2 aromatic rings. The molecule has 1 aromatic heterocycles. The minimum absolute atomic E-state index is 0.0257. The molecule has 0 aliphatic rings. The number of likely N-dealkylation sites (N-methyl/N-ethyl adjacent to an activating group) is 2. The van der Waals surface area contributed by atoms with Crippen LogP contribution in [0.1, 0.15) is 13.8 Å². The highest BCUT2D eigenvalue weighted by Gasteiger charge is 2.18. The van der Waals surface area contributed by atoms with Crippen LogP contribution in [0.3, 0.4) is 0 Å². The van der Waals surface area contributed by atoms with Crippen molar-refractivity contribution in [3.63, 3.8) is 0 Å². The highest BCUT2D eigenvalue weighted by Crippen LogP contribution is 2.19. The quantitative estimate of drug-likeness (QED) is 0.687. The average molecular weight is 360 g/mol. The maximum Gasteiger partial charge on any atom is 0.246 e. The summed E-state index contributed by atoms with van der Waals surface area (Å²) >= 11 is 0. The maximum atomic E-state index is 12.3. The lowest BCUT2D eigenvalue weighted by molar-refractivity contribution is -0.139. The molecule has 0 unspecified atom stereocenters. The zero-order valence-electron chi connectivity index (χ0n) is 15.5. The van der Waals surface area contributed by atoms with E-state index < -0.39 is 0 Å². The van der Waals surface area contributed by atoms with Crippen LogP contribution in [0.2, 0.25) is 0 Å². The number of carbonyl (C=O) groups is 2. The fraction of sp³-hybridized carbons (Fsp3) is 0.471. The molecule has 0 bridgehead atoms. The Kier molecular flexibility index (Phi) is 6.65. The Hall–Kier alpha value is -2.97. The molecule has 0 fully saturated rings. The van der Waals surface area contributed by atoms with E-state index in [1.807, 2.05) is 32.0 Å². The number of carbonyl (C=O) groups excluding carboxylic acids is 2.